The lowest BCUT2D eigenvalue weighted by atomic mass is 10.0. The van der Waals surface area contributed by atoms with E-state index in [1.165, 1.54) is 26.1 Å². The van der Waals surface area contributed by atoms with Crippen LogP contribution in [0.3, 0.4) is 0 Å². The molecule has 0 bridgehead atoms. The fourth-order valence-corrected chi connectivity index (χ4v) is 3.89. The molecule has 3 aromatic rings. The number of nitrogens with zero attached hydrogens (tertiary/aromatic N) is 4. The summed E-state index contributed by atoms with van der Waals surface area (Å²) >= 11 is 0. The Morgan fingerprint density at radius 2 is 1.72 bits per heavy atom. The molecular weight excluding hydrogens is 410 g/mol. The third-order valence-electron chi connectivity index (χ3n) is 5.48. The Labute approximate surface area is 186 Å². The fraction of sp³-hybridized carbons (Fsp3) is 0.348. The van der Waals surface area contributed by atoms with Gasteiger partial charge in [-0.2, -0.15) is 0 Å². The molecule has 1 fully saturated rings. The molecule has 32 heavy (non-hydrogen) atoms. The Morgan fingerprint density at radius 1 is 1.03 bits per heavy atom. The molecule has 2 heterocycles. The average molecular weight is 438 g/mol. The summed E-state index contributed by atoms with van der Waals surface area (Å²) in [5.41, 5.74) is 7.57. The van der Waals surface area contributed by atoms with Crippen molar-refractivity contribution in [1.29, 1.82) is 0 Å². The first-order chi connectivity index (χ1) is 15.5. The van der Waals surface area contributed by atoms with Crippen molar-refractivity contribution in [1.82, 2.24) is 15.0 Å². The van der Waals surface area contributed by atoms with Crippen molar-refractivity contribution >= 4 is 11.6 Å². The minimum absolute atomic E-state index is 0.0229. The van der Waals surface area contributed by atoms with Crippen LogP contribution in [0.15, 0.2) is 42.5 Å². The largest absolute Gasteiger partial charge is 0.493 e. The van der Waals surface area contributed by atoms with E-state index in [0.717, 1.165) is 25.1 Å². The van der Waals surface area contributed by atoms with Crippen LogP contribution in [0.5, 0.6) is 17.2 Å². The number of rotatable bonds is 7. The van der Waals surface area contributed by atoms with E-state index in [0.29, 0.717) is 35.2 Å². The molecule has 2 aromatic carbocycles. The molecule has 9 heteroatoms. The number of carbonyl (C=O) groups is 1. The quantitative estimate of drug-likeness (QED) is 0.562. The molecule has 168 valence electrons. The highest BCUT2D eigenvalue weighted by Gasteiger charge is 2.29. The maximum absolute atomic E-state index is 13.6. The summed E-state index contributed by atoms with van der Waals surface area (Å²) in [6.45, 7) is 1.37. The SMILES string of the molecule is COc1cc(C(=O)c2nn(-c3ccccc3)nc2N2CCC[C@H](N)C2)cc(OC)c1OC. The van der Waals surface area contributed by atoms with E-state index >= 15 is 0 Å². The molecule has 0 spiro atoms. The zero-order valence-corrected chi connectivity index (χ0v) is 18.4. The summed E-state index contributed by atoms with van der Waals surface area (Å²) in [6.07, 6.45) is 1.87. The third-order valence-corrected chi connectivity index (χ3v) is 5.48. The molecule has 1 atom stereocenters. The standard InChI is InChI=1S/C23H27N5O4/c1-30-18-12-15(13-19(31-2)22(18)32-3)21(29)20-23(27-11-7-8-16(24)14-27)26-28(25-20)17-9-5-4-6-10-17/h4-6,9-10,12-13,16H,7-8,11,14,24H2,1-3H3/t16-/m0/s1. The molecule has 1 aliphatic rings. The first kappa shape index (κ1) is 21.6. The van der Waals surface area contributed by atoms with Crippen LogP contribution >= 0.6 is 0 Å². The molecule has 1 aromatic heterocycles. The number of para-hydroxylation sites is 1. The van der Waals surface area contributed by atoms with Crippen molar-refractivity contribution in [2.45, 2.75) is 18.9 Å². The molecule has 1 saturated heterocycles. The number of methoxy groups -OCH3 is 3. The van der Waals surface area contributed by atoms with Gasteiger partial charge in [0, 0.05) is 24.7 Å². The lowest BCUT2D eigenvalue weighted by Gasteiger charge is -2.30. The Hall–Kier alpha value is -3.59. The molecule has 0 aliphatic carbocycles. The maximum atomic E-state index is 13.6. The lowest BCUT2D eigenvalue weighted by Crippen LogP contribution is -2.43. The van der Waals surface area contributed by atoms with Crippen molar-refractivity contribution in [2.75, 3.05) is 39.3 Å². The predicted octanol–water partition coefficient (Wildman–Crippen LogP) is 2.45. The van der Waals surface area contributed by atoms with Gasteiger partial charge in [-0.1, -0.05) is 18.2 Å². The molecule has 0 saturated carbocycles. The number of hydrogen-bond donors (Lipinski definition) is 1. The van der Waals surface area contributed by atoms with E-state index in [-0.39, 0.29) is 17.5 Å². The smallest absolute Gasteiger partial charge is 0.217 e. The monoisotopic (exact) mass is 437 g/mol. The van der Waals surface area contributed by atoms with Crippen LogP contribution in [-0.4, -0.2) is 61.2 Å². The molecular formula is C23H27N5O4. The van der Waals surface area contributed by atoms with Crippen LogP contribution in [-0.2, 0) is 0 Å². The first-order valence-corrected chi connectivity index (χ1v) is 10.4. The maximum Gasteiger partial charge on any atom is 0.217 e. The Bertz CT molecular complexity index is 1070. The number of ketones is 1. The van der Waals surface area contributed by atoms with Crippen molar-refractivity contribution in [3.8, 4) is 22.9 Å². The van der Waals surface area contributed by atoms with Gasteiger partial charge in [0.15, 0.2) is 23.0 Å². The van der Waals surface area contributed by atoms with Gasteiger partial charge in [-0.3, -0.25) is 4.79 Å². The van der Waals surface area contributed by atoms with Gasteiger partial charge in [-0.15, -0.1) is 15.0 Å². The average Bonchev–Trinajstić information content (AvgIpc) is 3.28. The second kappa shape index (κ2) is 9.27. The number of ether oxygens (including phenoxy) is 3. The highest BCUT2D eigenvalue weighted by Crippen LogP contribution is 2.39. The van der Waals surface area contributed by atoms with Crippen molar-refractivity contribution in [2.24, 2.45) is 5.73 Å². The van der Waals surface area contributed by atoms with Gasteiger partial charge in [0.1, 0.15) is 0 Å². The summed E-state index contributed by atoms with van der Waals surface area (Å²) < 4.78 is 16.2. The minimum Gasteiger partial charge on any atom is -0.493 e. The van der Waals surface area contributed by atoms with Gasteiger partial charge in [-0.05, 0) is 37.1 Å². The second-order valence-electron chi connectivity index (χ2n) is 7.59. The molecule has 2 N–H and O–H groups in total. The number of piperidine rings is 1. The van der Waals surface area contributed by atoms with Gasteiger partial charge in [0.25, 0.3) is 0 Å². The Kier molecular flexibility index (Phi) is 6.27. The number of benzene rings is 2. The van der Waals surface area contributed by atoms with E-state index in [1.807, 2.05) is 35.2 Å². The highest BCUT2D eigenvalue weighted by molar-refractivity contribution is 6.11. The molecule has 9 nitrogen and oxygen atoms in total. The highest BCUT2D eigenvalue weighted by atomic mass is 16.5. The third kappa shape index (κ3) is 4.11. The normalized spacial score (nSPS) is 16.0. The minimum atomic E-state index is -0.291. The number of carbonyl (C=O) groups excluding carboxylic acids is 1. The summed E-state index contributed by atoms with van der Waals surface area (Å²) in [5, 5.41) is 9.24. The molecule has 4 rings (SSSR count). The summed E-state index contributed by atoms with van der Waals surface area (Å²) in [5.74, 6) is 1.43. The van der Waals surface area contributed by atoms with Crippen LogP contribution in [0.25, 0.3) is 5.69 Å². The zero-order chi connectivity index (χ0) is 22.7. The Morgan fingerprint density at radius 3 is 2.31 bits per heavy atom. The number of hydrogen-bond acceptors (Lipinski definition) is 8. The van der Waals surface area contributed by atoms with Crippen molar-refractivity contribution in [3.63, 3.8) is 0 Å². The van der Waals surface area contributed by atoms with Gasteiger partial charge in [0.2, 0.25) is 11.5 Å². The predicted molar refractivity (Wildman–Crippen MR) is 120 cm³/mol. The van der Waals surface area contributed by atoms with Crippen LogP contribution < -0.4 is 24.8 Å². The first-order valence-electron chi connectivity index (χ1n) is 10.4. The molecule has 0 unspecified atom stereocenters. The van der Waals surface area contributed by atoms with Crippen LogP contribution in [0.2, 0.25) is 0 Å². The van der Waals surface area contributed by atoms with E-state index in [1.54, 1.807) is 12.1 Å². The summed E-state index contributed by atoms with van der Waals surface area (Å²) in [4.78, 5) is 17.2. The van der Waals surface area contributed by atoms with Gasteiger partial charge in [0.05, 0.1) is 27.0 Å². The fourth-order valence-electron chi connectivity index (χ4n) is 3.89. The number of nitrogens with two attached hydrogens (primary N) is 1. The Balaban J connectivity index is 1.81. The van der Waals surface area contributed by atoms with Gasteiger partial charge >= 0.3 is 0 Å². The topological polar surface area (TPSA) is 105 Å². The second-order valence-corrected chi connectivity index (χ2v) is 7.59. The number of anilines is 1. The van der Waals surface area contributed by atoms with E-state index in [2.05, 4.69) is 10.2 Å². The van der Waals surface area contributed by atoms with Crippen molar-refractivity contribution < 1.29 is 19.0 Å². The van der Waals surface area contributed by atoms with Crippen LogP contribution in [0.1, 0.15) is 28.9 Å². The lowest BCUT2D eigenvalue weighted by molar-refractivity contribution is 0.103. The van der Waals surface area contributed by atoms with E-state index in [4.69, 9.17) is 19.9 Å². The molecule has 0 amide bonds. The van der Waals surface area contributed by atoms with Gasteiger partial charge in [-0.25, -0.2) is 0 Å². The summed E-state index contributed by atoms with van der Waals surface area (Å²) in [6, 6.07) is 12.8. The molecule has 1 aliphatic heterocycles. The zero-order valence-electron chi connectivity index (χ0n) is 18.4. The molecule has 0 radical (unpaired) electrons. The van der Waals surface area contributed by atoms with E-state index < -0.39 is 0 Å². The van der Waals surface area contributed by atoms with Crippen molar-refractivity contribution in [3.05, 3.63) is 53.7 Å². The summed E-state index contributed by atoms with van der Waals surface area (Å²) in [7, 11) is 4.54. The number of aromatic nitrogens is 3. The van der Waals surface area contributed by atoms with Crippen LogP contribution in [0.4, 0.5) is 5.82 Å². The van der Waals surface area contributed by atoms with E-state index in [9.17, 15) is 4.79 Å². The van der Waals surface area contributed by atoms with Gasteiger partial charge < -0.3 is 24.8 Å². The van der Waals surface area contributed by atoms with Crippen LogP contribution in [0, 0.1) is 0 Å².